The fourth-order valence-corrected chi connectivity index (χ4v) is 8.63. The Morgan fingerprint density at radius 3 is 2.36 bits per heavy atom. The first-order chi connectivity index (χ1) is 6.68. The summed E-state index contributed by atoms with van der Waals surface area (Å²) in [4.78, 5) is 0. The maximum Gasteiger partial charge on any atom is 0.359 e. The van der Waals surface area contributed by atoms with Crippen molar-refractivity contribution in [1.82, 2.24) is 0 Å². The minimum atomic E-state index is -2.49. The van der Waals surface area contributed by atoms with Gasteiger partial charge in [-0.05, 0) is 47.0 Å². The normalized spacial score (nSPS) is 19.5. The van der Waals surface area contributed by atoms with E-state index in [2.05, 4.69) is 15.9 Å². The van der Waals surface area contributed by atoms with Gasteiger partial charge in [-0.1, -0.05) is 15.9 Å². The molecular formula is C8H8BrO2PS2. The molecule has 1 saturated heterocycles. The fourth-order valence-electron chi connectivity index (χ4n) is 1.01. The molecule has 14 heavy (non-hydrogen) atoms. The molecule has 2 nitrogen and oxygen atoms in total. The lowest BCUT2D eigenvalue weighted by Gasteiger charge is -2.11. The van der Waals surface area contributed by atoms with Crippen molar-refractivity contribution in [2.75, 3.05) is 11.5 Å². The molecule has 6 heteroatoms. The van der Waals surface area contributed by atoms with Gasteiger partial charge in [0.1, 0.15) is 5.75 Å². The quantitative estimate of drug-likeness (QED) is 0.756. The molecule has 0 amide bonds. The van der Waals surface area contributed by atoms with Gasteiger partial charge in [0.2, 0.25) is 0 Å². The molecule has 0 unspecified atom stereocenters. The third kappa shape index (κ3) is 2.72. The van der Waals surface area contributed by atoms with Crippen LogP contribution in [0.2, 0.25) is 0 Å². The minimum Gasteiger partial charge on any atom is -0.429 e. The van der Waals surface area contributed by atoms with Gasteiger partial charge < -0.3 is 4.52 Å². The Morgan fingerprint density at radius 1 is 1.21 bits per heavy atom. The second-order valence-electron chi connectivity index (χ2n) is 2.66. The van der Waals surface area contributed by atoms with Crippen LogP contribution in [0.25, 0.3) is 0 Å². The van der Waals surface area contributed by atoms with Gasteiger partial charge in [-0.25, -0.2) is 0 Å². The van der Waals surface area contributed by atoms with E-state index in [0.717, 1.165) is 16.0 Å². The summed E-state index contributed by atoms with van der Waals surface area (Å²) in [5, 5.41) is 0. The second-order valence-corrected chi connectivity index (χ2v) is 11.1. The van der Waals surface area contributed by atoms with Crippen LogP contribution in [0.15, 0.2) is 28.7 Å². The van der Waals surface area contributed by atoms with Crippen LogP contribution in [0.1, 0.15) is 0 Å². The molecule has 1 aromatic rings. The number of hydrogen-bond acceptors (Lipinski definition) is 4. The highest BCUT2D eigenvalue weighted by Crippen LogP contribution is 2.73. The van der Waals surface area contributed by atoms with Crippen molar-refractivity contribution in [2.24, 2.45) is 0 Å². The smallest absolute Gasteiger partial charge is 0.359 e. The molecule has 76 valence electrons. The van der Waals surface area contributed by atoms with Gasteiger partial charge >= 0.3 is 5.77 Å². The van der Waals surface area contributed by atoms with E-state index in [1.54, 1.807) is 0 Å². The SMILES string of the molecule is O=P1(Oc2ccc(Br)cc2)SCCS1. The van der Waals surface area contributed by atoms with E-state index in [9.17, 15) is 4.57 Å². The first kappa shape index (κ1) is 10.9. The van der Waals surface area contributed by atoms with Gasteiger partial charge in [0.25, 0.3) is 0 Å². The average Bonchev–Trinajstić information content (AvgIpc) is 2.57. The number of hydrogen-bond donors (Lipinski definition) is 0. The Bertz CT molecular complexity index is 358. The molecule has 0 spiro atoms. The Kier molecular flexibility index (Phi) is 3.53. The van der Waals surface area contributed by atoms with Crippen LogP contribution in [-0.4, -0.2) is 11.5 Å². The van der Waals surface area contributed by atoms with Gasteiger partial charge in [-0.3, -0.25) is 4.57 Å². The van der Waals surface area contributed by atoms with E-state index >= 15 is 0 Å². The molecule has 2 rings (SSSR count). The highest BCUT2D eigenvalue weighted by molar-refractivity contribution is 9.10. The minimum absolute atomic E-state index is 0.679. The van der Waals surface area contributed by atoms with Crippen molar-refractivity contribution in [3.8, 4) is 5.75 Å². The summed E-state index contributed by atoms with van der Waals surface area (Å²) in [6.07, 6.45) is 0. The van der Waals surface area contributed by atoms with Crippen molar-refractivity contribution < 1.29 is 9.09 Å². The van der Waals surface area contributed by atoms with E-state index < -0.39 is 5.77 Å². The largest absolute Gasteiger partial charge is 0.429 e. The fraction of sp³-hybridized carbons (Fsp3) is 0.250. The van der Waals surface area contributed by atoms with Crippen molar-refractivity contribution in [1.29, 1.82) is 0 Å². The maximum atomic E-state index is 12.0. The van der Waals surface area contributed by atoms with E-state index in [-0.39, 0.29) is 0 Å². The summed E-state index contributed by atoms with van der Waals surface area (Å²) in [5.74, 6) is 0.0204. The van der Waals surface area contributed by atoms with Gasteiger partial charge in [0, 0.05) is 16.0 Å². The molecule has 1 aliphatic rings. The third-order valence-electron chi connectivity index (χ3n) is 1.61. The molecule has 1 aliphatic heterocycles. The number of halogens is 1. The van der Waals surface area contributed by atoms with E-state index in [1.807, 2.05) is 24.3 Å². The van der Waals surface area contributed by atoms with Gasteiger partial charge in [0.05, 0.1) is 0 Å². The van der Waals surface area contributed by atoms with E-state index in [0.29, 0.717) is 5.75 Å². The molecular weight excluding hydrogens is 303 g/mol. The molecule has 0 saturated carbocycles. The van der Waals surface area contributed by atoms with Crippen LogP contribution < -0.4 is 4.52 Å². The first-order valence-electron chi connectivity index (χ1n) is 4.02. The molecule has 1 aromatic carbocycles. The summed E-state index contributed by atoms with van der Waals surface area (Å²) >= 11 is 6.19. The highest BCUT2D eigenvalue weighted by atomic mass is 79.9. The van der Waals surface area contributed by atoms with Gasteiger partial charge in [-0.2, -0.15) is 0 Å². The highest BCUT2D eigenvalue weighted by Gasteiger charge is 2.31. The van der Waals surface area contributed by atoms with Crippen molar-refractivity contribution in [3.05, 3.63) is 28.7 Å². The first-order valence-corrected chi connectivity index (χ1v) is 9.62. The second kappa shape index (κ2) is 4.52. The zero-order valence-corrected chi connectivity index (χ0v) is 11.3. The van der Waals surface area contributed by atoms with Crippen molar-refractivity contribution in [3.63, 3.8) is 0 Å². The molecule has 0 bridgehead atoms. The zero-order chi connectivity index (χ0) is 10.0. The molecule has 0 atom stereocenters. The summed E-state index contributed by atoms with van der Waals surface area (Å²) < 4.78 is 18.4. The molecule has 1 fully saturated rings. The summed E-state index contributed by atoms with van der Waals surface area (Å²) in [7, 11) is 0. The summed E-state index contributed by atoms with van der Waals surface area (Å²) in [6.45, 7) is 0. The van der Waals surface area contributed by atoms with Crippen LogP contribution in [0.4, 0.5) is 0 Å². The molecule has 0 N–H and O–H groups in total. The van der Waals surface area contributed by atoms with E-state index in [1.165, 1.54) is 22.8 Å². The molecule has 0 radical (unpaired) electrons. The van der Waals surface area contributed by atoms with E-state index in [4.69, 9.17) is 4.52 Å². The third-order valence-corrected chi connectivity index (χ3v) is 9.58. The van der Waals surface area contributed by atoms with Crippen LogP contribution in [0.3, 0.4) is 0 Å². The maximum absolute atomic E-state index is 12.0. The Morgan fingerprint density at radius 2 is 1.79 bits per heavy atom. The van der Waals surface area contributed by atoms with Crippen LogP contribution >= 0.6 is 44.5 Å². The number of rotatable bonds is 2. The van der Waals surface area contributed by atoms with Crippen molar-refractivity contribution >= 4 is 44.5 Å². The number of benzene rings is 1. The molecule has 0 aromatic heterocycles. The lowest BCUT2D eigenvalue weighted by Crippen LogP contribution is -1.82. The Labute approximate surface area is 99.3 Å². The lowest BCUT2D eigenvalue weighted by atomic mass is 10.3. The van der Waals surface area contributed by atoms with Gasteiger partial charge in [-0.15, -0.1) is 0 Å². The topological polar surface area (TPSA) is 26.3 Å². The van der Waals surface area contributed by atoms with Crippen LogP contribution in [0, 0.1) is 0 Å². The Balaban J connectivity index is 2.10. The summed E-state index contributed by atoms with van der Waals surface area (Å²) in [6, 6.07) is 7.41. The lowest BCUT2D eigenvalue weighted by molar-refractivity contribution is 0.516. The standard InChI is InChI=1S/C8H8BrO2PS2/c9-7-1-3-8(4-2-7)11-12(10)13-5-6-14-12/h1-4H,5-6H2. The molecule has 0 aliphatic carbocycles. The Hall–Kier alpha value is 0.430. The summed E-state index contributed by atoms with van der Waals surface area (Å²) in [5.41, 5.74) is 0. The molecule has 1 heterocycles. The van der Waals surface area contributed by atoms with Crippen LogP contribution in [-0.2, 0) is 4.57 Å². The van der Waals surface area contributed by atoms with Crippen LogP contribution in [0.5, 0.6) is 5.75 Å². The predicted octanol–water partition coefficient (Wildman–Crippen LogP) is 4.42. The predicted molar refractivity (Wildman–Crippen MR) is 67.3 cm³/mol. The average molecular weight is 311 g/mol. The van der Waals surface area contributed by atoms with Crippen molar-refractivity contribution in [2.45, 2.75) is 0 Å². The zero-order valence-electron chi connectivity index (χ0n) is 7.18. The van der Waals surface area contributed by atoms with Gasteiger partial charge in [0.15, 0.2) is 0 Å². The monoisotopic (exact) mass is 310 g/mol.